The van der Waals surface area contributed by atoms with Crippen molar-refractivity contribution >= 4 is 28.9 Å². The van der Waals surface area contributed by atoms with Crippen molar-refractivity contribution in [3.8, 4) is 5.75 Å². The first-order valence-corrected chi connectivity index (χ1v) is 4.37. The van der Waals surface area contributed by atoms with E-state index in [1.54, 1.807) is 22.6 Å². The second-order valence-electron chi connectivity index (χ2n) is 2.22. The molecule has 0 radical (unpaired) electrons. The summed E-state index contributed by atoms with van der Waals surface area (Å²) in [7, 11) is 0. The van der Waals surface area contributed by atoms with Crippen LogP contribution in [0.5, 0.6) is 5.75 Å². The Balaban J connectivity index is 2.98. The van der Waals surface area contributed by atoms with Crippen LogP contribution >= 0.6 is 22.6 Å². The lowest BCUT2D eigenvalue weighted by Gasteiger charge is -2.08. The highest BCUT2D eigenvalue weighted by molar-refractivity contribution is 14.1. The summed E-state index contributed by atoms with van der Waals surface area (Å²) in [5, 5.41) is 0. The van der Waals surface area contributed by atoms with Crippen molar-refractivity contribution in [2.75, 3.05) is 0 Å². The summed E-state index contributed by atoms with van der Waals surface area (Å²) in [5.41, 5.74) is -0.101. The highest BCUT2D eigenvalue weighted by Crippen LogP contribution is 2.23. The van der Waals surface area contributed by atoms with Gasteiger partial charge in [0.05, 0.1) is 0 Å². The zero-order valence-corrected chi connectivity index (χ0v) is 8.67. The van der Waals surface area contributed by atoms with Crippen molar-refractivity contribution < 1.29 is 22.7 Å². The number of nitrogens with zero attached hydrogens (tertiary/aromatic N) is 1. The van der Waals surface area contributed by atoms with Crippen molar-refractivity contribution in [3.63, 3.8) is 0 Å². The largest absolute Gasteiger partial charge is 0.573 e. The average molecular weight is 317 g/mol. The molecule has 3 nitrogen and oxygen atoms in total. The van der Waals surface area contributed by atoms with Crippen LogP contribution in [0.4, 0.5) is 13.2 Å². The molecule has 0 fully saturated rings. The zero-order valence-electron chi connectivity index (χ0n) is 6.51. The Kier molecular flexibility index (Phi) is 3.29. The first kappa shape index (κ1) is 11.2. The average Bonchev–Trinajstić information content (AvgIpc) is 1.99. The lowest BCUT2D eigenvalue weighted by Crippen LogP contribution is -2.17. The first-order valence-electron chi connectivity index (χ1n) is 3.29. The predicted molar refractivity (Wildman–Crippen MR) is 49.0 cm³/mol. The van der Waals surface area contributed by atoms with E-state index in [1.807, 2.05) is 0 Å². The maximum absolute atomic E-state index is 11.8. The first-order chi connectivity index (χ1) is 6.40. The summed E-state index contributed by atoms with van der Waals surface area (Å²) in [5.74, 6) is -0.445. The molecular weight excluding hydrogens is 314 g/mol. The number of hydrogen-bond acceptors (Lipinski definition) is 3. The van der Waals surface area contributed by atoms with Gasteiger partial charge in [0.1, 0.15) is 15.1 Å². The molecule has 0 amide bonds. The molecule has 0 aliphatic carbocycles. The van der Waals surface area contributed by atoms with Crippen LogP contribution in [0.15, 0.2) is 12.1 Å². The van der Waals surface area contributed by atoms with Gasteiger partial charge in [-0.05, 0) is 22.6 Å². The van der Waals surface area contributed by atoms with Crippen LogP contribution in [0, 0.1) is 3.70 Å². The number of carbonyl (C=O) groups is 1. The van der Waals surface area contributed by atoms with Gasteiger partial charge >= 0.3 is 6.36 Å². The molecule has 0 saturated heterocycles. The van der Waals surface area contributed by atoms with Gasteiger partial charge in [-0.2, -0.15) is 0 Å². The van der Waals surface area contributed by atoms with Gasteiger partial charge in [-0.15, -0.1) is 13.2 Å². The van der Waals surface area contributed by atoms with E-state index in [0.29, 0.717) is 6.29 Å². The maximum Gasteiger partial charge on any atom is 0.573 e. The fourth-order valence-electron chi connectivity index (χ4n) is 0.746. The van der Waals surface area contributed by atoms with Gasteiger partial charge in [-0.25, -0.2) is 4.98 Å². The molecule has 0 saturated carbocycles. The summed E-state index contributed by atoms with van der Waals surface area (Å²) in [6.07, 6.45) is -4.41. The molecule has 0 atom stereocenters. The summed E-state index contributed by atoms with van der Waals surface area (Å²) in [6.45, 7) is 0. The molecule has 1 aromatic rings. The third-order valence-corrected chi connectivity index (χ3v) is 1.69. The molecule has 14 heavy (non-hydrogen) atoms. The van der Waals surface area contributed by atoms with Gasteiger partial charge in [0, 0.05) is 12.1 Å². The third-order valence-electron chi connectivity index (χ3n) is 1.14. The van der Waals surface area contributed by atoms with Crippen LogP contribution in [-0.4, -0.2) is 17.6 Å². The number of ether oxygens (including phenoxy) is 1. The molecule has 76 valence electrons. The van der Waals surface area contributed by atoms with E-state index in [-0.39, 0.29) is 9.39 Å². The van der Waals surface area contributed by atoms with Crippen LogP contribution in [0.3, 0.4) is 0 Å². The summed E-state index contributed by atoms with van der Waals surface area (Å²) in [6, 6.07) is 2.00. The molecule has 7 heteroatoms. The number of halogens is 4. The smallest absolute Gasteiger partial charge is 0.406 e. The Morgan fingerprint density at radius 1 is 1.43 bits per heavy atom. The van der Waals surface area contributed by atoms with Crippen LogP contribution in [-0.2, 0) is 0 Å². The Bertz CT molecular complexity index is 353. The molecule has 0 N–H and O–H groups in total. The quantitative estimate of drug-likeness (QED) is 0.478. The van der Waals surface area contributed by atoms with E-state index < -0.39 is 12.1 Å². The highest BCUT2D eigenvalue weighted by Gasteiger charge is 2.31. The van der Waals surface area contributed by atoms with Crippen molar-refractivity contribution in [3.05, 3.63) is 21.5 Å². The number of alkyl halides is 3. The van der Waals surface area contributed by atoms with E-state index in [9.17, 15) is 18.0 Å². The van der Waals surface area contributed by atoms with Crippen LogP contribution in [0.25, 0.3) is 0 Å². The fourth-order valence-corrected chi connectivity index (χ4v) is 1.33. The standard InChI is InChI=1S/C7H3F3INO2/c8-7(9,10)14-5-1-4(3-13)12-6(11)2-5/h1-3H. The molecule has 0 aliphatic rings. The Morgan fingerprint density at radius 3 is 2.57 bits per heavy atom. The zero-order chi connectivity index (χ0) is 10.8. The normalized spacial score (nSPS) is 11.1. The van der Waals surface area contributed by atoms with E-state index in [4.69, 9.17) is 0 Å². The molecule has 1 rings (SSSR count). The van der Waals surface area contributed by atoms with E-state index in [1.165, 1.54) is 0 Å². The van der Waals surface area contributed by atoms with Gasteiger partial charge in [0.15, 0.2) is 6.29 Å². The Morgan fingerprint density at radius 2 is 2.07 bits per heavy atom. The van der Waals surface area contributed by atoms with Crippen molar-refractivity contribution in [2.24, 2.45) is 0 Å². The summed E-state index contributed by atoms with van der Waals surface area (Å²) in [4.78, 5) is 13.9. The summed E-state index contributed by atoms with van der Waals surface area (Å²) >= 11 is 1.69. The van der Waals surface area contributed by atoms with Crippen molar-refractivity contribution in [1.82, 2.24) is 4.98 Å². The number of aromatic nitrogens is 1. The number of hydrogen-bond donors (Lipinski definition) is 0. The van der Waals surface area contributed by atoms with Crippen LogP contribution < -0.4 is 4.74 Å². The molecule has 0 spiro atoms. The molecule has 1 aromatic heterocycles. The minimum Gasteiger partial charge on any atom is -0.406 e. The number of aldehydes is 1. The number of carbonyl (C=O) groups excluding carboxylic acids is 1. The predicted octanol–water partition coefficient (Wildman–Crippen LogP) is 2.40. The monoisotopic (exact) mass is 317 g/mol. The highest BCUT2D eigenvalue weighted by atomic mass is 127. The van der Waals surface area contributed by atoms with E-state index >= 15 is 0 Å². The van der Waals surface area contributed by atoms with Gasteiger partial charge in [-0.3, -0.25) is 4.79 Å². The van der Waals surface area contributed by atoms with Crippen LogP contribution in [0.2, 0.25) is 0 Å². The second-order valence-corrected chi connectivity index (χ2v) is 3.32. The third kappa shape index (κ3) is 3.48. The lowest BCUT2D eigenvalue weighted by atomic mass is 10.3. The van der Waals surface area contributed by atoms with Crippen LogP contribution in [0.1, 0.15) is 10.5 Å². The van der Waals surface area contributed by atoms with Gasteiger partial charge in [0.2, 0.25) is 0 Å². The Labute approximate surface area is 90.4 Å². The fraction of sp³-hybridized carbons (Fsp3) is 0.143. The van der Waals surface area contributed by atoms with Crippen molar-refractivity contribution in [1.29, 1.82) is 0 Å². The SMILES string of the molecule is O=Cc1cc(OC(F)(F)F)cc(I)n1. The Hall–Kier alpha value is -0.860. The van der Waals surface area contributed by atoms with E-state index in [2.05, 4.69) is 9.72 Å². The molecule has 0 aliphatic heterocycles. The molecule has 0 bridgehead atoms. The minimum absolute atomic E-state index is 0.101. The topological polar surface area (TPSA) is 39.2 Å². The van der Waals surface area contributed by atoms with Crippen molar-refractivity contribution in [2.45, 2.75) is 6.36 Å². The maximum atomic E-state index is 11.8. The van der Waals surface area contributed by atoms with E-state index in [0.717, 1.165) is 12.1 Å². The molecule has 0 unspecified atom stereocenters. The molecule has 1 heterocycles. The van der Waals surface area contributed by atoms with Gasteiger partial charge in [0.25, 0.3) is 0 Å². The number of pyridine rings is 1. The molecule has 0 aromatic carbocycles. The second kappa shape index (κ2) is 4.11. The minimum atomic E-state index is -4.76. The van der Waals surface area contributed by atoms with Gasteiger partial charge < -0.3 is 4.74 Å². The lowest BCUT2D eigenvalue weighted by molar-refractivity contribution is -0.274. The molecular formula is C7H3F3INO2. The van der Waals surface area contributed by atoms with Gasteiger partial charge in [-0.1, -0.05) is 0 Å². The summed E-state index contributed by atoms with van der Waals surface area (Å²) < 4.78 is 39.2. The number of rotatable bonds is 2.